The maximum absolute atomic E-state index is 14.8. The van der Waals surface area contributed by atoms with Gasteiger partial charge < -0.3 is 15.2 Å². The van der Waals surface area contributed by atoms with E-state index in [1.165, 1.54) is 18.2 Å². The fraction of sp³-hybridized carbons (Fsp3) is 0.292. The summed E-state index contributed by atoms with van der Waals surface area (Å²) < 4.78 is 30.0. The first-order valence-corrected chi connectivity index (χ1v) is 11.3. The number of halogens is 3. The number of hydrogen-bond donors (Lipinski definition) is 2. The summed E-state index contributed by atoms with van der Waals surface area (Å²) in [5.41, 5.74) is 2.34. The summed E-state index contributed by atoms with van der Waals surface area (Å²) in [6.45, 7) is 4.41. The van der Waals surface area contributed by atoms with Crippen LogP contribution < -0.4 is 10.6 Å². The van der Waals surface area contributed by atoms with Crippen molar-refractivity contribution < 1.29 is 8.78 Å². The zero-order valence-electron chi connectivity index (χ0n) is 18.0. The molecule has 0 aliphatic carbocycles. The van der Waals surface area contributed by atoms with Crippen molar-refractivity contribution in [2.75, 3.05) is 18.4 Å². The van der Waals surface area contributed by atoms with Gasteiger partial charge in [-0.3, -0.25) is 0 Å². The van der Waals surface area contributed by atoms with Gasteiger partial charge in [0.05, 0.1) is 22.8 Å². The molecular formula is C24H23ClF2N6. The van der Waals surface area contributed by atoms with Gasteiger partial charge in [0, 0.05) is 6.54 Å². The molecule has 0 saturated carbocycles. The monoisotopic (exact) mass is 468 g/mol. The van der Waals surface area contributed by atoms with E-state index in [0.29, 0.717) is 40.4 Å². The Morgan fingerprint density at radius 2 is 2.00 bits per heavy atom. The van der Waals surface area contributed by atoms with Crippen LogP contribution in [0.4, 0.5) is 14.7 Å². The van der Waals surface area contributed by atoms with Gasteiger partial charge in [-0.05, 0) is 62.2 Å². The molecule has 9 heteroatoms. The molecule has 0 amide bonds. The third kappa shape index (κ3) is 4.41. The van der Waals surface area contributed by atoms with Gasteiger partial charge in [0.1, 0.15) is 23.0 Å². The number of fused-ring (bicyclic) bond motifs is 1. The molecule has 0 spiro atoms. The summed E-state index contributed by atoms with van der Waals surface area (Å²) in [4.78, 5) is 13.8. The maximum atomic E-state index is 14.8. The molecule has 1 saturated heterocycles. The highest BCUT2D eigenvalue weighted by atomic mass is 35.5. The average Bonchev–Trinajstić information content (AvgIpc) is 3.43. The minimum Gasteiger partial charge on any atom is -0.348 e. The Kier molecular flexibility index (Phi) is 5.95. The minimum atomic E-state index is -0.431. The van der Waals surface area contributed by atoms with Crippen LogP contribution >= 0.6 is 11.6 Å². The van der Waals surface area contributed by atoms with Gasteiger partial charge >= 0.3 is 0 Å². The van der Waals surface area contributed by atoms with Crippen molar-refractivity contribution in [3.63, 3.8) is 0 Å². The minimum absolute atomic E-state index is 0.140. The molecule has 2 N–H and O–H groups in total. The van der Waals surface area contributed by atoms with Gasteiger partial charge in [0.15, 0.2) is 5.65 Å². The molecular weight excluding hydrogens is 446 g/mol. The first-order chi connectivity index (χ1) is 16.0. The average molecular weight is 469 g/mol. The zero-order valence-corrected chi connectivity index (χ0v) is 18.8. The van der Waals surface area contributed by atoms with Crippen molar-refractivity contribution in [2.45, 2.75) is 25.9 Å². The predicted molar refractivity (Wildman–Crippen MR) is 125 cm³/mol. The molecule has 170 valence electrons. The van der Waals surface area contributed by atoms with E-state index in [4.69, 9.17) is 16.6 Å². The van der Waals surface area contributed by atoms with E-state index in [-0.39, 0.29) is 17.4 Å². The van der Waals surface area contributed by atoms with Gasteiger partial charge in [-0.2, -0.15) is 4.98 Å². The Morgan fingerprint density at radius 1 is 1.18 bits per heavy atom. The van der Waals surface area contributed by atoms with Crippen LogP contribution in [0.25, 0.3) is 22.6 Å². The van der Waals surface area contributed by atoms with E-state index < -0.39 is 5.82 Å². The van der Waals surface area contributed by atoms with E-state index in [1.54, 1.807) is 30.5 Å². The van der Waals surface area contributed by atoms with Crippen LogP contribution in [-0.4, -0.2) is 32.6 Å². The Hall–Kier alpha value is -3.10. The predicted octanol–water partition coefficient (Wildman–Crippen LogP) is 5.21. The molecule has 1 aliphatic heterocycles. The third-order valence-electron chi connectivity index (χ3n) is 5.99. The molecule has 5 rings (SSSR count). The Bertz CT molecular complexity index is 1260. The van der Waals surface area contributed by atoms with Gasteiger partial charge in [-0.15, -0.1) is 0 Å². The second kappa shape index (κ2) is 9.03. The largest absolute Gasteiger partial charge is 0.348 e. The molecule has 6 nitrogen and oxygen atoms in total. The van der Waals surface area contributed by atoms with Crippen LogP contribution in [0.1, 0.15) is 24.9 Å². The van der Waals surface area contributed by atoms with Crippen molar-refractivity contribution in [2.24, 2.45) is 5.92 Å². The topological polar surface area (TPSA) is 67.7 Å². The third-order valence-corrected chi connectivity index (χ3v) is 6.31. The van der Waals surface area contributed by atoms with Crippen LogP contribution in [0.15, 0.2) is 48.7 Å². The molecule has 2 atom stereocenters. The van der Waals surface area contributed by atoms with E-state index in [2.05, 4.69) is 20.6 Å². The van der Waals surface area contributed by atoms with Crippen LogP contribution in [0.2, 0.25) is 5.02 Å². The van der Waals surface area contributed by atoms with Crippen molar-refractivity contribution in [3.05, 3.63) is 70.9 Å². The molecule has 0 radical (unpaired) electrons. The van der Waals surface area contributed by atoms with Crippen molar-refractivity contribution in [3.8, 4) is 11.4 Å². The molecule has 33 heavy (non-hydrogen) atoms. The van der Waals surface area contributed by atoms with Gasteiger partial charge in [0.25, 0.3) is 0 Å². The second-order valence-electron chi connectivity index (χ2n) is 8.32. The van der Waals surface area contributed by atoms with Crippen LogP contribution in [-0.2, 0) is 6.54 Å². The highest BCUT2D eigenvalue weighted by Crippen LogP contribution is 2.33. The fourth-order valence-electron chi connectivity index (χ4n) is 4.22. The molecule has 2 aromatic heterocycles. The summed E-state index contributed by atoms with van der Waals surface area (Å²) in [6.07, 6.45) is 2.64. The number of rotatable bonds is 6. The molecule has 0 bridgehead atoms. The van der Waals surface area contributed by atoms with E-state index in [1.807, 2.05) is 11.5 Å². The fourth-order valence-corrected chi connectivity index (χ4v) is 4.47. The smallest absolute Gasteiger partial charge is 0.225 e. The normalized spacial score (nSPS) is 16.9. The van der Waals surface area contributed by atoms with E-state index in [9.17, 15) is 8.78 Å². The lowest BCUT2D eigenvalue weighted by atomic mass is 10.1. The zero-order chi connectivity index (χ0) is 22.9. The van der Waals surface area contributed by atoms with E-state index >= 15 is 0 Å². The summed E-state index contributed by atoms with van der Waals surface area (Å²) in [7, 11) is 0. The van der Waals surface area contributed by atoms with Crippen LogP contribution in [0, 0.1) is 17.6 Å². The van der Waals surface area contributed by atoms with Gasteiger partial charge in [0.2, 0.25) is 5.95 Å². The standard InChI is InChI=1S/C24H23ClF2N6/c1-14(16-5-7-17(26)8-6-16)30-24-29-12-20-22(32-24)33(13-15-9-10-28-11-15)23(31-20)21-18(25)3-2-4-19(21)27/h2-8,12,14-15,28H,9-11,13H2,1H3,(H,29,30,32). The highest BCUT2D eigenvalue weighted by Gasteiger charge is 2.24. The van der Waals surface area contributed by atoms with Crippen LogP contribution in [0.5, 0.6) is 0 Å². The van der Waals surface area contributed by atoms with Crippen molar-refractivity contribution >= 4 is 28.7 Å². The summed E-state index contributed by atoms with van der Waals surface area (Å²) in [5.74, 6) is 0.513. The lowest BCUT2D eigenvalue weighted by Crippen LogP contribution is -2.16. The van der Waals surface area contributed by atoms with Gasteiger partial charge in [-0.25, -0.2) is 18.7 Å². The number of imidazole rings is 1. The SMILES string of the molecule is CC(Nc1ncc2nc(-c3c(F)cccc3Cl)n(CC3CCNC3)c2n1)c1ccc(F)cc1. The quantitative estimate of drug-likeness (QED) is 0.406. The Labute approximate surface area is 195 Å². The van der Waals surface area contributed by atoms with E-state index in [0.717, 1.165) is 25.1 Å². The number of hydrogen-bond acceptors (Lipinski definition) is 5. The number of nitrogens with zero attached hydrogens (tertiary/aromatic N) is 4. The molecule has 1 fully saturated rings. The number of nitrogens with one attached hydrogen (secondary N) is 2. The summed E-state index contributed by atoms with van der Waals surface area (Å²) in [6, 6.07) is 10.8. The molecule has 2 unspecified atom stereocenters. The maximum Gasteiger partial charge on any atom is 0.225 e. The van der Waals surface area contributed by atoms with Gasteiger partial charge in [-0.1, -0.05) is 29.8 Å². The van der Waals surface area contributed by atoms with Crippen molar-refractivity contribution in [1.29, 1.82) is 0 Å². The highest BCUT2D eigenvalue weighted by molar-refractivity contribution is 6.33. The molecule has 1 aliphatic rings. The lowest BCUT2D eigenvalue weighted by Gasteiger charge is -2.16. The molecule has 2 aromatic carbocycles. The van der Waals surface area contributed by atoms with Crippen molar-refractivity contribution in [1.82, 2.24) is 24.8 Å². The second-order valence-corrected chi connectivity index (χ2v) is 8.73. The molecule has 3 heterocycles. The first-order valence-electron chi connectivity index (χ1n) is 10.9. The number of benzene rings is 2. The summed E-state index contributed by atoms with van der Waals surface area (Å²) >= 11 is 6.38. The number of anilines is 1. The Morgan fingerprint density at radius 3 is 2.73 bits per heavy atom. The van der Waals surface area contributed by atoms with Crippen LogP contribution in [0.3, 0.4) is 0 Å². The lowest BCUT2D eigenvalue weighted by molar-refractivity contribution is 0.489. The molecule has 4 aromatic rings. The number of aromatic nitrogens is 4. The summed E-state index contributed by atoms with van der Waals surface area (Å²) in [5, 5.41) is 6.93. The first kappa shape index (κ1) is 21.7. The Balaban J connectivity index is 1.56.